The lowest BCUT2D eigenvalue weighted by atomic mass is 9.97. The summed E-state index contributed by atoms with van der Waals surface area (Å²) in [6.07, 6.45) is 3.27. The molecule has 5 N–H and O–H groups in total. The number of hydrogen-bond acceptors (Lipinski definition) is 4. The molecule has 0 aromatic heterocycles. The van der Waals surface area contributed by atoms with Crippen LogP contribution >= 0.6 is 0 Å². The van der Waals surface area contributed by atoms with E-state index in [1.165, 1.54) is 0 Å². The summed E-state index contributed by atoms with van der Waals surface area (Å²) < 4.78 is 23.9. The van der Waals surface area contributed by atoms with Gasteiger partial charge in [0.2, 0.25) is 5.91 Å². The molecule has 104 valence electrons. The third-order valence-electron chi connectivity index (χ3n) is 3.59. The van der Waals surface area contributed by atoms with Crippen molar-refractivity contribution in [2.75, 3.05) is 19.6 Å². The third kappa shape index (κ3) is 3.41. The van der Waals surface area contributed by atoms with Crippen LogP contribution in [0.2, 0.25) is 0 Å². The maximum Gasteiger partial charge on any atom is 0.274 e. The highest BCUT2D eigenvalue weighted by molar-refractivity contribution is 7.87. The summed E-state index contributed by atoms with van der Waals surface area (Å²) >= 11 is 0. The first kappa shape index (κ1) is 13.7. The Labute approximate surface area is 107 Å². The van der Waals surface area contributed by atoms with E-state index in [2.05, 4.69) is 4.72 Å². The third-order valence-corrected chi connectivity index (χ3v) is 4.16. The molecule has 7 nitrogen and oxygen atoms in total. The maximum absolute atomic E-state index is 12.1. The fourth-order valence-corrected chi connectivity index (χ4v) is 2.78. The van der Waals surface area contributed by atoms with Gasteiger partial charge in [-0.05, 0) is 31.6 Å². The summed E-state index contributed by atoms with van der Waals surface area (Å²) in [5, 5.41) is 4.89. The van der Waals surface area contributed by atoms with Crippen LogP contribution in [0.25, 0.3) is 0 Å². The first-order chi connectivity index (χ1) is 8.30. The summed E-state index contributed by atoms with van der Waals surface area (Å²) in [7, 11) is -3.66. The lowest BCUT2D eigenvalue weighted by molar-refractivity contribution is -0.135. The van der Waals surface area contributed by atoms with Crippen LogP contribution in [0.4, 0.5) is 0 Å². The zero-order chi connectivity index (χ0) is 13.4. The van der Waals surface area contributed by atoms with Gasteiger partial charge in [-0.15, -0.1) is 0 Å². The Balaban J connectivity index is 1.86. The molecule has 0 bridgehead atoms. The zero-order valence-corrected chi connectivity index (χ0v) is 11.1. The Bertz CT molecular complexity index is 432. The van der Waals surface area contributed by atoms with E-state index in [4.69, 9.17) is 10.9 Å². The molecule has 18 heavy (non-hydrogen) atoms. The van der Waals surface area contributed by atoms with Crippen LogP contribution < -0.4 is 15.6 Å². The van der Waals surface area contributed by atoms with Crippen molar-refractivity contribution in [1.29, 1.82) is 0 Å². The van der Waals surface area contributed by atoms with Crippen LogP contribution in [0.15, 0.2) is 0 Å². The first-order valence-corrected chi connectivity index (χ1v) is 7.70. The summed E-state index contributed by atoms with van der Waals surface area (Å²) in [4.78, 5) is 13.8. The average molecular weight is 276 g/mol. The molecule has 0 aromatic rings. The van der Waals surface area contributed by atoms with Crippen molar-refractivity contribution in [3.8, 4) is 0 Å². The van der Waals surface area contributed by atoms with Gasteiger partial charge in [0.25, 0.3) is 10.2 Å². The van der Waals surface area contributed by atoms with Crippen molar-refractivity contribution in [3.05, 3.63) is 0 Å². The van der Waals surface area contributed by atoms with Crippen molar-refractivity contribution in [2.45, 2.75) is 31.2 Å². The van der Waals surface area contributed by atoms with Gasteiger partial charge in [-0.25, -0.2) is 9.86 Å². The van der Waals surface area contributed by atoms with Crippen molar-refractivity contribution < 1.29 is 13.2 Å². The summed E-state index contributed by atoms with van der Waals surface area (Å²) in [6, 6.07) is 0. The normalized spacial score (nSPS) is 27.0. The molecular formula is C10H20N4O3S. The van der Waals surface area contributed by atoms with Crippen LogP contribution in [0.5, 0.6) is 0 Å². The second kappa shape index (κ2) is 4.76. The predicted octanol–water partition coefficient (Wildman–Crippen LogP) is -1.49. The van der Waals surface area contributed by atoms with Gasteiger partial charge in [0.1, 0.15) is 0 Å². The molecule has 0 spiro atoms. The minimum atomic E-state index is -3.66. The fraction of sp³-hybridized carbons (Fsp3) is 0.900. The lowest BCUT2D eigenvalue weighted by Gasteiger charge is -2.34. The van der Waals surface area contributed by atoms with Gasteiger partial charge < -0.3 is 10.6 Å². The van der Waals surface area contributed by atoms with Crippen molar-refractivity contribution >= 4 is 16.1 Å². The number of nitrogens with one attached hydrogen (secondary N) is 1. The Morgan fingerprint density at radius 3 is 2.67 bits per heavy atom. The molecule has 1 saturated carbocycles. The second-order valence-corrected chi connectivity index (χ2v) is 6.69. The maximum atomic E-state index is 12.1. The Morgan fingerprint density at radius 1 is 1.44 bits per heavy atom. The molecule has 1 heterocycles. The zero-order valence-electron chi connectivity index (χ0n) is 10.3. The highest BCUT2D eigenvalue weighted by atomic mass is 32.2. The van der Waals surface area contributed by atoms with Gasteiger partial charge in [0, 0.05) is 19.6 Å². The fourth-order valence-electron chi connectivity index (χ4n) is 2.31. The predicted molar refractivity (Wildman–Crippen MR) is 66.6 cm³/mol. The van der Waals surface area contributed by atoms with Crippen LogP contribution in [-0.2, 0) is 15.0 Å². The molecule has 0 radical (unpaired) electrons. The quantitative estimate of drug-likeness (QED) is 0.579. The van der Waals surface area contributed by atoms with E-state index in [9.17, 15) is 13.2 Å². The van der Waals surface area contributed by atoms with E-state index >= 15 is 0 Å². The molecule has 1 unspecified atom stereocenters. The minimum absolute atomic E-state index is 0.00260. The molecule has 8 heteroatoms. The lowest BCUT2D eigenvalue weighted by Crippen LogP contribution is -2.51. The van der Waals surface area contributed by atoms with Gasteiger partial charge in [0.05, 0.1) is 5.54 Å². The number of amides is 1. The standard InChI is InChI=1S/C10H20N4O3S/c11-10(3-4-10)9(15)14-5-1-2-8(7-14)6-13-18(12,16)17/h8,13H,1-7,11H2,(H2,12,16,17). The minimum Gasteiger partial charge on any atom is -0.341 e. The SMILES string of the molecule is NC1(C(=O)N2CCCC(CNS(N)(=O)=O)C2)CC1. The number of rotatable bonds is 4. The van der Waals surface area contributed by atoms with Crippen molar-refractivity contribution in [2.24, 2.45) is 16.8 Å². The van der Waals surface area contributed by atoms with Crippen LogP contribution in [0, 0.1) is 5.92 Å². The van der Waals surface area contributed by atoms with Crippen molar-refractivity contribution in [3.63, 3.8) is 0 Å². The molecule has 1 aliphatic carbocycles. The number of carbonyl (C=O) groups is 1. The van der Waals surface area contributed by atoms with Gasteiger partial charge in [-0.3, -0.25) is 4.79 Å². The van der Waals surface area contributed by atoms with Gasteiger partial charge in [-0.1, -0.05) is 0 Å². The number of hydrogen-bond donors (Lipinski definition) is 3. The van der Waals surface area contributed by atoms with E-state index < -0.39 is 15.7 Å². The summed E-state index contributed by atoms with van der Waals surface area (Å²) in [5.41, 5.74) is 5.24. The number of nitrogens with zero attached hydrogens (tertiary/aromatic N) is 1. The van der Waals surface area contributed by atoms with E-state index in [-0.39, 0.29) is 18.4 Å². The van der Waals surface area contributed by atoms with Gasteiger partial charge in [-0.2, -0.15) is 8.42 Å². The highest BCUT2D eigenvalue weighted by Gasteiger charge is 2.48. The molecule has 1 aliphatic heterocycles. The van der Waals surface area contributed by atoms with E-state index in [0.29, 0.717) is 13.1 Å². The molecule has 2 fully saturated rings. The molecule has 0 aromatic carbocycles. The Kier molecular flexibility index (Phi) is 3.63. The molecule has 1 saturated heterocycles. The molecular weight excluding hydrogens is 256 g/mol. The van der Waals surface area contributed by atoms with Gasteiger partial charge in [0.15, 0.2) is 0 Å². The Hall–Kier alpha value is -0.700. The number of carbonyl (C=O) groups excluding carboxylic acids is 1. The van der Waals surface area contributed by atoms with E-state index in [0.717, 1.165) is 25.7 Å². The van der Waals surface area contributed by atoms with E-state index in [1.807, 2.05) is 0 Å². The number of likely N-dealkylation sites (tertiary alicyclic amines) is 1. The largest absolute Gasteiger partial charge is 0.341 e. The number of nitrogens with two attached hydrogens (primary N) is 2. The monoisotopic (exact) mass is 276 g/mol. The van der Waals surface area contributed by atoms with E-state index in [1.54, 1.807) is 4.90 Å². The second-order valence-electron chi connectivity index (χ2n) is 5.31. The average Bonchev–Trinajstić information content (AvgIpc) is 3.05. The highest BCUT2D eigenvalue weighted by Crippen LogP contribution is 2.35. The van der Waals surface area contributed by atoms with Crippen LogP contribution in [-0.4, -0.2) is 44.4 Å². The van der Waals surface area contributed by atoms with Gasteiger partial charge >= 0.3 is 0 Å². The molecule has 1 atom stereocenters. The van der Waals surface area contributed by atoms with Crippen molar-refractivity contribution in [1.82, 2.24) is 9.62 Å². The topological polar surface area (TPSA) is 119 Å². The first-order valence-electron chi connectivity index (χ1n) is 6.16. The van der Waals surface area contributed by atoms with Crippen LogP contribution in [0.1, 0.15) is 25.7 Å². The molecule has 1 amide bonds. The Morgan fingerprint density at radius 2 is 2.11 bits per heavy atom. The van der Waals surface area contributed by atoms with Crippen LogP contribution in [0.3, 0.4) is 0 Å². The summed E-state index contributed by atoms with van der Waals surface area (Å²) in [6.45, 7) is 1.55. The smallest absolute Gasteiger partial charge is 0.274 e. The number of piperidine rings is 1. The summed E-state index contributed by atoms with van der Waals surface area (Å²) in [5.74, 6) is 0.117. The molecule has 2 aliphatic rings. The molecule has 2 rings (SSSR count).